The maximum absolute atomic E-state index is 5.20. The van der Waals surface area contributed by atoms with Gasteiger partial charge in [-0.3, -0.25) is 0 Å². The topological polar surface area (TPSA) is 33.3 Å². The molecule has 0 spiro atoms. The molecule has 0 aromatic heterocycles. The van der Waals surface area contributed by atoms with Crippen molar-refractivity contribution in [3.63, 3.8) is 0 Å². The van der Waals surface area contributed by atoms with Crippen LogP contribution in [0.5, 0.6) is 0 Å². The third-order valence-corrected chi connectivity index (χ3v) is 10.2. The van der Waals surface area contributed by atoms with Crippen molar-refractivity contribution in [2.75, 3.05) is 19.7 Å². The van der Waals surface area contributed by atoms with Gasteiger partial charge in [0.25, 0.3) is 0 Å². The summed E-state index contributed by atoms with van der Waals surface area (Å²) in [5, 5.41) is 7.11. The molecule has 3 nitrogen and oxygen atoms in total. The van der Waals surface area contributed by atoms with E-state index in [9.17, 15) is 0 Å². The van der Waals surface area contributed by atoms with E-state index in [0.717, 1.165) is 18.2 Å². The molecular weight excluding hydrogens is 272 g/mol. The monoisotopic (exact) mass is 302 g/mol. The van der Waals surface area contributed by atoms with E-state index in [2.05, 4.69) is 38.0 Å². The average Bonchev–Trinajstić information content (AvgIpc) is 2.45. The summed E-state index contributed by atoms with van der Waals surface area (Å²) >= 11 is 5.20. The molecule has 0 aliphatic heterocycles. The molecule has 5 heteroatoms. The van der Waals surface area contributed by atoms with Crippen LogP contribution in [0.25, 0.3) is 0 Å². The Morgan fingerprint density at radius 1 is 1.16 bits per heavy atom. The lowest BCUT2D eigenvalue weighted by molar-refractivity contribution is 0.256. The van der Waals surface area contributed by atoms with Crippen molar-refractivity contribution in [3.05, 3.63) is 12.8 Å². The van der Waals surface area contributed by atoms with Crippen LogP contribution in [-0.4, -0.2) is 32.9 Å². The quantitative estimate of drug-likeness (QED) is 0.265. The first-order valence-corrected chi connectivity index (χ1v) is 10.6. The zero-order chi connectivity index (χ0) is 14.6. The van der Waals surface area contributed by atoms with Gasteiger partial charge in [0.15, 0.2) is 5.11 Å². The summed E-state index contributed by atoms with van der Waals surface area (Å²) in [6, 6.07) is 5.62. The van der Waals surface area contributed by atoms with E-state index in [1.807, 2.05) is 0 Å². The van der Waals surface area contributed by atoms with Crippen molar-refractivity contribution in [2.45, 2.75) is 51.4 Å². The number of rotatable bonds is 11. The van der Waals surface area contributed by atoms with Crippen LogP contribution in [0.3, 0.4) is 0 Å². The van der Waals surface area contributed by atoms with E-state index in [-0.39, 0.29) is 0 Å². The highest BCUT2D eigenvalue weighted by Gasteiger charge is 2.25. The largest absolute Gasteiger partial charge is 0.500 e. The first-order valence-electron chi connectivity index (χ1n) is 7.38. The van der Waals surface area contributed by atoms with Crippen molar-refractivity contribution in [1.82, 2.24) is 10.6 Å². The summed E-state index contributed by atoms with van der Waals surface area (Å²) in [7, 11) is -0.960. The predicted molar refractivity (Wildman–Crippen MR) is 91.4 cm³/mol. The van der Waals surface area contributed by atoms with Crippen molar-refractivity contribution in [2.24, 2.45) is 0 Å². The van der Waals surface area contributed by atoms with Gasteiger partial charge < -0.3 is 15.4 Å². The average molecular weight is 303 g/mol. The van der Waals surface area contributed by atoms with E-state index in [1.165, 1.54) is 36.9 Å². The van der Waals surface area contributed by atoms with Gasteiger partial charge in [0.2, 0.25) is 0 Å². The molecule has 19 heavy (non-hydrogen) atoms. The second-order valence-electron chi connectivity index (χ2n) is 4.88. The summed E-state index contributed by atoms with van der Waals surface area (Å²) in [4.78, 5) is 0. The highest BCUT2D eigenvalue weighted by Crippen LogP contribution is 2.26. The Labute approximate surface area is 125 Å². The van der Waals surface area contributed by atoms with Gasteiger partial charge in [-0.25, -0.2) is 0 Å². The molecule has 0 aromatic carbocycles. The molecule has 0 saturated heterocycles. The van der Waals surface area contributed by atoms with Crippen LogP contribution in [0.4, 0.5) is 0 Å². The van der Waals surface area contributed by atoms with E-state index in [1.54, 1.807) is 0 Å². The SMILES string of the molecule is C=COCCNC(=S)NCCC[Si](CC)(CC)CC. The van der Waals surface area contributed by atoms with E-state index < -0.39 is 8.07 Å². The molecule has 0 saturated carbocycles. The van der Waals surface area contributed by atoms with Crippen LogP contribution < -0.4 is 10.6 Å². The van der Waals surface area contributed by atoms with Gasteiger partial charge in [-0.1, -0.05) is 51.5 Å². The van der Waals surface area contributed by atoms with Crippen LogP contribution in [-0.2, 0) is 4.74 Å². The first-order chi connectivity index (χ1) is 9.14. The van der Waals surface area contributed by atoms with Crippen LogP contribution in [0.1, 0.15) is 27.2 Å². The smallest absolute Gasteiger partial charge is 0.166 e. The number of ether oxygens (including phenoxy) is 1. The molecule has 0 bridgehead atoms. The van der Waals surface area contributed by atoms with Crippen LogP contribution >= 0.6 is 12.2 Å². The molecule has 0 aromatic rings. The van der Waals surface area contributed by atoms with E-state index in [0.29, 0.717) is 6.61 Å². The van der Waals surface area contributed by atoms with Crippen molar-refractivity contribution in [1.29, 1.82) is 0 Å². The molecule has 0 amide bonds. The zero-order valence-corrected chi connectivity index (χ0v) is 14.6. The molecule has 0 radical (unpaired) electrons. The van der Waals surface area contributed by atoms with Gasteiger partial charge in [0.05, 0.1) is 20.9 Å². The molecule has 0 heterocycles. The molecule has 0 rings (SSSR count). The molecule has 0 atom stereocenters. The highest BCUT2D eigenvalue weighted by atomic mass is 32.1. The molecule has 112 valence electrons. The van der Waals surface area contributed by atoms with Gasteiger partial charge in [-0.05, 0) is 18.6 Å². The number of hydrogen-bond acceptors (Lipinski definition) is 2. The Kier molecular flexibility index (Phi) is 11.0. The van der Waals surface area contributed by atoms with Crippen molar-refractivity contribution >= 4 is 25.4 Å². The normalized spacial score (nSPS) is 10.9. The molecular formula is C14H30N2OSSi. The Morgan fingerprint density at radius 2 is 1.74 bits per heavy atom. The minimum Gasteiger partial charge on any atom is -0.500 e. The Bertz CT molecular complexity index is 250. The molecule has 0 fully saturated rings. The van der Waals surface area contributed by atoms with Gasteiger partial charge in [0.1, 0.15) is 6.61 Å². The summed E-state index contributed by atoms with van der Waals surface area (Å²) in [6.07, 6.45) is 2.68. The van der Waals surface area contributed by atoms with E-state index in [4.69, 9.17) is 17.0 Å². The summed E-state index contributed by atoms with van der Waals surface area (Å²) in [5.74, 6) is 0. The number of hydrogen-bond donors (Lipinski definition) is 2. The fraction of sp³-hybridized carbons (Fsp3) is 0.786. The lowest BCUT2D eigenvalue weighted by Crippen LogP contribution is -2.38. The lowest BCUT2D eigenvalue weighted by Gasteiger charge is -2.28. The third-order valence-electron chi connectivity index (χ3n) is 4.04. The summed E-state index contributed by atoms with van der Waals surface area (Å²) in [5.41, 5.74) is 0. The number of thiocarbonyl (C=S) groups is 1. The highest BCUT2D eigenvalue weighted by molar-refractivity contribution is 7.80. The van der Waals surface area contributed by atoms with Gasteiger partial charge in [-0.15, -0.1) is 0 Å². The van der Waals surface area contributed by atoms with Crippen molar-refractivity contribution in [3.8, 4) is 0 Å². The fourth-order valence-electron chi connectivity index (χ4n) is 2.31. The third kappa shape index (κ3) is 8.26. The molecule has 0 aliphatic carbocycles. The maximum Gasteiger partial charge on any atom is 0.166 e. The fourth-order valence-corrected chi connectivity index (χ4v) is 6.01. The summed E-state index contributed by atoms with van der Waals surface area (Å²) < 4.78 is 5.02. The first kappa shape index (κ1) is 18.4. The van der Waals surface area contributed by atoms with E-state index >= 15 is 0 Å². The maximum atomic E-state index is 5.20. The minimum absolute atomic E-state index is 0.600. The van der Waals surface area contributed by atoms with Crippen molar-refractivity contribution < 1.29 is 4.74 Å². The van der Waals surface area contributed by atoms with Crippen LogP contribution in [0, 0.1) is 0 Å². The predicted octanol–water partition coefficient (Wildman–Crippen LogP) is 3.51. The molecule has 0 aliphatic rings. The molecule has 2 N–H and O–H groups in total. The van der Waals surface area contributed by atoms with Crippen LogP contribution in [0.2, 0.25) is 24.2 Å². The van der Waals surface area contributed by atoms with Gasteiger partial charge in [-0.2, -0.15) is 0 Å². The summed E-state index contributed by atoms with van der Waals surface area (Å²) in [6.45, 7) is 12.9. The van der Waals surface area contributed by atoms with Gasteiger partial charge in [0, 0.05) is 6.54 Å². The Balaban J connectivity index is 3.67. The van der Waals surface area contributed by atoms with Crippen LogP contribution in [0.15, 0.2) is 12.8 Å². The number of nitrogens with one attached hydrogen (secondary N) is 2. The second-order valence-corrected chi connectivity index (χ2v) is 10.9. The zero-order valence-electron chi connectivity index (χ0n) is 12.8. The Morgan fingerprint density at radius 3 is 2.26 bits per heavy atom. The molecule has 0 unspecified atom stereocenters. The standard InChI is InChI=1S/C14H30N2OSSi/c1-5-17-12-11-16-14(18)15-10-9-13-19(6-2,7-3)8-4/h5H,1,6-13H2,2-4H3,(H2,15,16,18). The lowest BCUT2D eigenvalue weighted by atomic mass is 10.5. The van der Waals surface area contributed by atoms with Gasteiger partial charge >= 0.3 is 0 Å². The minimum atomic E-state index is -0.960. The Hall–Kier alpha value is -0.553. The second kappa shape index (κ2) is 11.3.